The maximum Gasteiger partial charge on any atom is 0.275 e. The van der Waals surface area contributed by atoms with Crippen LogP contribution in [0.1, 0.15) is 10.5 Å². The van der Waals surface area contributed by atoms with Gasteiger partial charge in [0.25, 0.3) is 5.91 Å². The van der Waals surface area contributed by atoms with Crippen LogP contribution >= 0.6 is 11.8 Å². The molecule has 1 aliphatic heterocycles. The average Bonchev–Trinajstić information content (AvgIpc) is 2.98. The minimum atomic E-state index is -0.0595. The van der Waals surface area contributed by atoms with Gasteiger partial charge < -0.3 is 15.1 Å². The molecule has 1 aliphatic rings. The first-order valence-corrected chi connectivity index (χ1v) is 7.58. The number of nitrogen functional groups attached to an aromatic ring is 1. The summed E-state index contributed by atoms with van der Waals surface area (Å²) in [7, 11) is 0. The lowest BCUT2D eigenvalue weighted by molar-refractivity contribution is 0.0766. The molecule has 20 heavy (non-hydrogen) atoms. The molecule has 6 heteroatoms. The van der Waals surface area contributed by atoms with Crippen molar-refractivity contribution >= 4 is 23.4 Å². The number of aromatic nitrogens is 1. The molecule has 0 atom stereocenters. The molecule has 1 amide bonds. The third kappa shape index (κ3) is 2.65. The first kappa shape index (κ1) is 13.1. The van der Waals surface area contributed by atoms with E-state index in [0.717, 1.165) is 30.2 Å². The van der Waals surface area contributed by atoms with Crippen molar-refractivity contribution < 1.29 is 9.21 Å². The van der Waals surface area contributed by atoms with Crippen LogP contribution in [0.25, 0.3) is 11.5 Å². The zero-order chi connectivity index (χ0) is 13.9. The Labute approximate surface area is 121 Å². The highest BCUT2D eigenvalue weighted by atomic mass is 32.2. The molecule has 1 aromatic carbocycles. The molecule has 2 aromatic rings. The Morgan fingerprint density at radius 1 is 1.25 bits per heavy atom. The summed E-state index contributed by atoms with van der Waals surface area (Å²) in [5.74, 6) is 2.35. The molecule has 0 unspecified atom stereocenters. The lowest BCUT2D eigenvalue weighted by atomic mass is 10.2. The van der Waals surface area contributed by atoms with E-state index in [4.69, 9.17) is 10.2 Å². The minimum absolute atomic E-state index is 0.0595. The summed E-state index contributed by atoms with van der Waals surface area (Å²) in [6.07, 6.45) is 1.43. The number of nitrogens with zero attached hydrogens (tertiary/aromatic N) is 2. The van der Waals surface area contributed by atoms with Crippen molar-refractivity contribution in [2.75, 3.05) is 30.3 Å². The van der Waals surface area contributed by atoms with Gasteiger partial charge in [0.1, 0.15) is 6.26 Å². The fraction of sp³-hybridized carbons (Fsp3) is 0.286. The summed E-state index contributed by atoms with van der Waals surface area (Å²) in [4.78, 5) is 18.4. The van der Waals surface area contributed by atoms with Crippen molar-refractivity contribution in [3.8, 4) is 11.5 Å². The molecular weight excluding hydrogens is 274 g/mol. The second-order valence-electron chi connectivity index (χ2n) is 4.56. The van der Waals surface area contributed by atoms with Crippen LogP contribution in [0.2, 0.25) is 0 Å². The van der Waals surface area contributed by atoms with Crippen LogP contribution in [-0.4, -0.2) is 40.4 Å². The van der Waals surface area contributed by atoms with E-state index in [9.17, 15) is 4.79 Å². The lowest BCUT2D eigenvalue weighted by Gasteiger charge is -2.25. The third-order valence-electron chi connectivity index (χ3n) is 3.18. The number of amides is 1. The maximum absolute atomic E-state index is 12.3. The van der Waals surface area contributed by atoms with E-state index >= 15 is 0 Å². The molecule has 0 aliphatic carbocycles. The summed E-state index contributed by atoms with van der Waals surface area (Å²) in [5, 5.41) is 0. The van der Waals surface area contributed by atoms with Crippen LogP contribution in [0, 0.1) is 0 Å². The van der Waals surface area contributed by atoms with Gasteiger partial charge in [0.05, 0.1) is 0 Å². The summed E-state index contributed by atoms with van der Waals surface area (Å²) in [6.45, 7) is 1.54. The van der Waals surface area contributed by atoms with Gasteiger partial charge in [-0.1, -0.05) is 0 Å². The zero-order valence-electron chi connectivity index (χ0n) is 10.9. The number of hydrogen-bond donors (Lipinski definition) is 1. The number of benzene rings is 1. The Bertz CT molecular complexity index is 603. The first-order chi connectivity index (χ1) is 9.74. The Morgan fingerprint density at radius 2 is 1.95 bits per heavy atom. The van der Waals surface area contributed by atoms with Crippen LogP contribution in [0.3, 0.4) is 0 Å². The van der Waals surface area contributed by atoms with Crippen molar-refractivity contribution in [2.24, 2.45) is 0 Å². The molecule has 0 spiro atoms. The van der Waals surface area contributed by atoms with Gasteiger partial charge in [0.15, 0.2) is 5.69 Å². The molecule has 0 radical (unpaired) electrons. The fourth-order valence-corrected chi connectivity index (χ4v) is 2.96. The number of oxazole rings is 1. The molecule has 2 N–H and O–H groups in total. The molecule has 5 nitrogen and oxygen atoms in total. The maximum atomic E-state index is 12.3. The summed E-state index contributed by atoms with van der Waals surface area (Å²) >= 11 is 1.87. The molecule has 0 bridgehead atoms. The van der Waals surface area contributed by atoms with Gasteiger partial charge in [-0.15, -0.1) is 0 Å². The minimum Gasteiger partial charge on any atom is -0.444 e. The van der Waals surface area contributed by atoms with Gasteiger partial charge in [-0.05, 0) is 24.3 Å². The van der Waals surface area contributed by atoms with Gasteiger partial charge in [-0.3, -0.25) is 4.79 Å². The van der Waals surface area contributed by atoms with Crippen LogP contribution < -0.4 is 5.73 Å². The molecule has 3 rings (SSSR count). The second-order valence-corrected chi connectivity index (χ2v) is 5.79. The molecule has 2 heterocycles. The van der Waals surface area contributed by atoms with Gasteiger partial charge >= 0.3 is 0 Å². The normalized spacial score (nSPS) is 15.3. The van der Waals surface area contributed by atoms with E-state index in [2.05, 4.69) is 4.98 Å². The van der Waals surface area contributed by atoms with Gasteiger partial charge in [-0.25, -0.2) is 4.98 Å². The smallest absolute Gasteiger partial charge is 0.275 e. The fourth-order valence-electron chi connectivity index (χ4n) is 2.06. The Morgan fingerprint density at radius 3 is 2.65 bits per heavy atom. The van der Waals surface area contributed by atoms with Gasteiger partial charge in [0.2, 0.25) is 5.89 Å². The number of anilines is 1. The Balaban J connectivity index is 1.79. The largest absolute Gasteiger partial charge is 0.444 e. The van der Waals surface area contributed by atoms with Crippen LogP contribution in [0.4, 0.5) is 5.69 Å². The highest BCUT2D eigenvalue weighted by Crippen LogP contribution is 2.21. The molecule has 0 saturated carbocycles. The molecule has 104 valence electrons. The van der Waals surface area contributed by atoms with Crippen molar-refractivity contribution in [3.05, 3.63) is 36.2 Å². The van der Waals surface area contributed by atoms with Crippen LogP contribution in [0.15, 0.2) is 34.9 Å². The Hall–Kier alpha value is -1.95. The number of thioether (sulfide) groups is 1. The Kier molecular flexibility index (Phi) is 3.64. The highest BCUT2D eigenvalue weighted by molar-refractivity contribution is 7.99. The second kappa shape index (κ2) is 5.58. The monoisotopic (exact) mass is 289 g/mol. The molecule has 1 fully saturated rings. The van der Waals surface area contributed by atoms with E-state index in [1.807, 2.05) is 28.8 Å². The molecular formula is C14H15N3O2S. The quantitative estimate of drug-likeness (QED) is 0.857. The van der Waals surface area contributed by atoms with Crippen molar-refractivity contribution in [1.29, 1.82) is 0 Å². The van der Waals surface area contributed by atoms with Crippen LogP contribution in [-0.2, 0) is 0 Å². The average molecular weight is 289 g/mol. The predicted octanol–water partition coefficient (Wildman–Crippen LogP) is 2.11. The number of rotatable bonds is 2. The highest BCUT2D eigenvalue weighted by Gasteiger charge is 2.21. The standard InChI is InChI=1S/C14H15N3O2S/c15-11-3-1-10(2-4-11)13-16-12(9-19-13)14(18)17-5-7-20-8-6-17/h1-4,9H,5-8,15H2. The van der Waals surface area contributed by atoms with E-state index in [0.29, 0.717) is 17.3 Å². The number of hydrogen-bond acceptors (Lipinski definition) is 5. The number of carbonyl (C=O) groups excluding carboxylic acids is 1. The van der Waals surface area contributed by atoms with Crippen LogP contribution in [0.5, 0.6) is 0 Å². The SMILES string of the molecule is Nc1ccc(-c2nc(C(=O)N3CCSCC3)co2)cc1. The number of carbonyl (C=O) groups is 1. The molecule has 1 aromatic heterocycles. The van der Waals surface area contributed by atoms with E-state index in [1.165, 1.54) is 6.26 Å². The molecule has 1 saturated heterocycles. The van der Waals surface area contributed by atoms with Crippen molar-refractivity contribution in [1.82, 2.24) is 9.88 Å². The van der Waals surface area contributed by atoms with Gasteiger partial charge in [0, 0.05) is 35.8 Å². The van der Waals surface area contributed by atoms with Crippen molar-refractivity contribution in [2.45, 2.75) is 0 Å². The van der Waals surface area contributed by atoms with E-state index < -0.39 is 0 Å². The first-order valence-electron chi connectivity index (χ1n) is 6.42. The summed E-state index contributed by atoms with van der Waals surface area (Å²) < 4.78 is 5.40. The zero-order valence-corrected chi connectivity index (χ0v) is 11.7. The lowest BCUT2D eigenvalue weighted by Crippen LogP contribution is -2.38. The van der Waals surface area contributed by atoms with Crippen molar-refractivity contribution in [3.63, 3.8) is 0 Å². The summed E-state index contributed by atoms with van der Waals surface area (Å²) in [6, 6.07) is 7.21. The number of nitrogens with two attached hydrogens (primary N) is 1. The van der Waals surface area contributed by atoms with E-state index in [-0.39, 0.29) is 5.91 Å². The predicted molar refractivity (Wildman–Crippen MR) is 79.6 cm³/mol. The summed E-state index contributed by atoms with van der Waals surface area (Å²) in [5.41, 5.74) is 7.50. The topological polar surface area (TPSA) is 72.4 Å². The van der Waals surface area contributed by atoms with E-state index in [1.54, 1.807) is 12.1 Å². The van der Waals surface area contributed by atoms with Gasteiger partial charge in [-0.2, -0.15) is 11.8 Å². The third-order valence-corrected chi connectivity index (χ3v) is 4.12.